The fraction of sp³-hybridized carbons (Fsp3) is 0.318. The molecule has 1 aromatic heterocycles. The molecule has 1 amide bonds. The summed E-state index contributed by atoms with van der Waals surface area (Å²) in [6, 6.07) is 11.1. The lowest BCUT2D eigenvalue weighted by Gasteiger charge is -2.42. The SMILES string of the molecule is CC1(C)CC(=O)C2=C(C1)N(c1ccc(Br)cn1)C(=O)CC2c1ccccc1Cl. The minimum absolute atomic E-state index is 0.0657. The van der Waals surface area contributed by atoms with E-state index in [-0.39, 0.29) is 29.4 Å². The largest absolute Gasteiger partial charge is 0.294 e. The number of allylic oxidation sites excluding steroid dienone is 2. The third-order valence-corrected chi connectivity index (χ3v) is 6.18. The molecule has 1 aliphatic heterocycles. The Morgan fingerprint density at radius 1 is 1.14 bits per heavy atom. The van der Waals surface area contributed by atoms with Crippen molar-refractivity contribution >= 4 is 45.0 Å². The zero-order valence-electron chi connectivity index (χ0n) is 15.7. The first-order valence-electron chi connectivity index (χ1n) is 9.22. The van der Waals surface area contributed by atoms with Crippen LogP contribution in [0.2, 0.25) is 5.02 Å². The van der Waals surface area contributed by atoms with E-state index < -0.39 is 0 Å². The van der Waals surface area contributed by atoms with E-state index in [1.165, 1.54) is 0 Å². The van der Waals surface area contributed by atoms with Crippen molar-refractivity contribution in [3.05, 3.63) is 68.9 Å². The van der Waals surface area contributed by atoms with Gasteiger partial charge in [0.2, 0.25) is 5.91 Å². The number of nitrogens with zero attached hydrogens (tertiary/aromatic N) is 2. The molecule has 1 unspecified atom stereocenters. The van der Waals surface area contributed by atoms with E-state index in [1.807, 2.05) is 30.3 Å². The summed E-state index contributed by atoms with van der Waals surface area (Å²) < 4.78 is 0.837. The Morgan fingerprint density at radius 3 is 2.57 bits per heavy atom. The number of anilines is 1. The summed E-state index contributed by atoms with van der Waals surface area (Å²) in [4.78, 5) is 32.5. The van der Waals surface area contributed by atoms with E-state index >= 15 is 0 Å². The molecule has 1 aromatic carbocycles. The second-order valence-corrected chi connectivity index (χ2v) is 9.47. The smallest absolute Gasteiger partial charge is 0.233 e. The molecule has 0 saturated heterocycles. The molecule has 0 spiro atoms. The van der Waals surface area contributed by atoms with Crippen LogP contribution < -0.4 is 4.90 Å². The summed E-state index contributed by atoms with van der Waals surface area (Å²) >= 11 is 9.82. The van der Waals surface area contributed by atoms with Crippen molar-refractivity contribution in [3.8, 4) is 0 Å². The number of hydrogen-bond acceptors (Lipinski definition) is 3. The summed E-state index contributed by atoms with van der Waals surface area (Å²) in [7, 11) is 0. The number of Topliss-reactive ketones (excluding diaryl/α,β-unsaturated/α-hetero) is 1. The van der Waals surface area contributed by atoms with Gasteiger partial charge in [-0.25, -0.2) is 4.98 Å². The van der Waals surface area contributed by atoms with Crippen LogP contribution in [-0.2, 0) is 9.59 Å². The number of pyridine rings is 1. The highest BCUT2D eigenvalue weighted by Crippen LogP contribution is 2.48. The van der Waals surface area contributed by atoms with Gasteiger partial charge in [0.1, 0.15) is 5.82 Å². The van der Waals surface area contributed by atoms with E-state index in [0.717, 1.165) is 15.7 Å². The van der Waals surface area contributed by atoms with Crippen LogP contribution in [0, 0.1) is 5.41 Å². The minimum Gasteiger partial charge on any atom is -0.294 e. The van der Waals surface area contributed by atoms with Gasteiger partial charge in [0.05, 0.1) is 0 Å². The Hall–Kier alpha value is -1.98. The van der Waals surface area contributed by atoms with Gasteiger partial charge in [-0.05, 0) is 51.5 Å². The van der Waals surface area contributed by atoms with Crippen LogP contribution >= 0.6 is 27.5 Å². The molecule has 0 bridgehead atoms. The third-order valence-electron chi connectivity index (χ3n) is 5.36. The van der Waals surface area contributed by atoms with Crippen LogP contribution in [0.25, 0.3) is 0 Å². The molecule has 144 valence electrons. The van der Waals surface area contributed by atoms with Crippen LogP contribution in [0.1, 0.15) is 44.6 Å². The van der Waals surface area contributed by atoms with Gasteiger partial charge >= 0.3 is 0 Å². The molecule has 0 radical (unpaired) electrons. The van der Waals surface area contributed by atoms with Crippen LogP contribution in [-0.4, -0.2) is 16.7 Å². The summed E-state index contributed by atoms with van der Waals surface area (Å²) in [5, 5.41) is 0.583. The summed E-state index contributed by atoms with van der Waals surface area (Å²) in [5.74, 6) is 0.255. The second-order valence-electron chi connectivity index (χ2n) is 8.14. The summed E-state index contributed by atoms with van der Waals surface area (Å²) in [6.07, 6.45) is 2.96. The molecule has 0 saturated carbocycles. The third kappa shape index (κ3) is 3.42. The Labute approximate surface area is 177 Å². The maximum Gasteiger partial charge on any atom is 0.233 e. The lowest BCUT2D eigenvalue weighted by Crippen LogP contribution is -2.44. The number of benzene rings is 1. The van der Waals surface area contributed by atoms with Gasteiger partial charge in [0.25, 0.3) is 0 Å². The molecule has 0 N–H and O–H groups in total. The Bertz CT molecular complexity index is 998. The average molecular weight is 460 g/mol. The van der Waals surface area contributed by atoms with E-state index in [0.29, 0.717) is 29.3 Å². The van der Waals surface area contributed by atoms with E-state index in [9.17, 15) is 9.59 Å². The van der Waals surface area contributed by atoms with Gasteiger partial charge in [0.15, 0.2) is 5.78 Å². The average Bonchev–Trinajstić information content (AvgIpc) is 2.61. The monoisotopic (exact) mass is 458 g/mol. The molecule has 2 aromatic rings. The predicted molar refractivity (Wildman–Crippen MR) is 113 cm³/mol. The van der Waals surface area contributed by atoms with Crippen molar-refractivity contribution in [3.63, 3.8) is 0 Å². The van der Waals surface area contributed by atoms with Crippen LogP contribution in [0.4, 0.5) is 5.82 Å². The maximum atomic E-state index is 13.2. The molecule has 1 aliphatic carbocycles. The first kappa shape index (κ1) is 19.3. The molecule has 28 heavy (non-hydrogen) atoms. The number of carbonyl (C=O) groups excluding carboxylic acids is 2. The molecule has 4 nitrogen and oxygen atoms in total. The Balaban J connectivity index is 1.91. The Morgan fingerprint density at radius 2 is 1.89 bits per heavy atom. The van der Waals surface area contributed by atoms with Crippen molar-refractivity contribution in [1.29, 1.82) is 0 Å². The van der Waals surface area contributed by atoms with Gasteiger partial charge in [0, 0.05) is 45.7 Å². The summed E-state index contributed by atoms with van der Waals surface area (Å²) in [5.41, 5.74) is 2.09. The van der Waals surface area contributed by atoms with E-state index in [4.69, 9.17) is 11.6 Å². The number of hydrogen-bond donors (Lipinski definition) is 0. The molecule has 2 aliphatic rings. The minimum atomic E-state index is -0.313. The van der Waals surface area contributed by atoms with Gasteiger partial charge in [-0.15, -0.1) is 0 Å². The molecular weight excluding hydrogens is 440 g/mol. The van der Waals surface area contributed by atoms with Gasteiger partial charge in [-0.3, -0.25) is 14.5 Å². The highest BCUT2D eigenvalue weighted by atomic mass is 79.9. The fourth-order valence-corrected chi connectivity index (χ4v) is 4.71. The zero-order valence-corrected chi connectivity index (χ0v) is 18.0. The molecule has 4 rings (SSSR count). The second kappa shape index (κ2) is 7.12. The van der Waals surface area contributed by atoms with E-state index in [2.05, 4.69) is 34.8 Å². The van der Waals surface area contributed by atoms with Crippen molar-refractivity contribution < 1.29 is 9.59 Å². The standard InChI is InChI=1S/C22H20BrClN2O2/c1-22(2)10-17-21(18(27)11-22)15(14-5-3-4-6-16(14)24)9-20(28)26(17)19-8-7-13(23)12-25-19/h3-8,12,15H,9-11H2,1-2H3. The molecular formula is C22H20BrClN2O2. The number of amides is 1. The Kier molecular flexibility index (Phi) is 4.92. The molecule has 2 heterocycles. The number of halogens is 2. The maximum absolute atomic E-state index is 13.2. The first-order chi connectivity index (χ1) is 13.3. The van der Waals surface area contributed by atoms with Crippen molar-refractivity contribution in [2.45, 2.75) is 39.0 Å². The van der Waals surface area contributed by atoms with Gasteiger partial charge < -0.3 is 0 Å². The highest BCUT2D eigenvalue weighted by molar-refractivity contribution is 9.10. The molecule has 6 heteroatoms. The van der Waals surface area contributed by atoms with Crippen LogP contribution in [0.5, 0.6) is 0 Å². The lowest BCUT2D eigenvalue weighted by molar-refractivity contribution is -0.121. The zero-order chi connectivity index (χ0) is 20.1. The number of ketones is 1. The topological polar surface area (TPSA) is 50.3 Å². The lowest BCUT2D eigenvalue weighted by atomic mass is 9.69. The first-order valence-corrected chi connectivity index (χ1v) is 10.4. The highest BCUT2D eigenvalue weighted by Gasteiger charge is 2.45. The van der Waals surface area contributed by atoms with Crippen molar-refractivity contribution in [2.24, 2.45) is 5.41 Å². The van der Waals surface area contributed by atoms with Crippen molar-refractivity contribution in [1.82, 2.24) is 4.98 Å². The van der Waals surface area contributed by atoms with Gasteiger partial charge in [-0.1, -0.05) is 43.6 Å². The van der Waals surface area contributed by atoms with Gasteiger partial charge in [-0.2, -0.15) is 0 Å². The number of rotatable bonds is 2. The predicted octanol–water partition coefficient (Wildman–Crippen LogP) is 5.66. The number of aromatic nitrogens is 1. The van der Waals surface area contributed by atoms with Crippen molar-refractivity contribution in [2.75, 3.05) is 4.90 Å². The summed E-state index contributed by atoms with van der Waals surface area (Å²) in [6.45, 7) is 4.12. The number of carbonyl (C=O) groups is 2. The molecule has 1 atom stereocenters. The molecule has 0 fully saturated rings. The van der Waals surface area contributed by atoms with E-state index in [1.54, 1.807) is 17.2 Å². The van der Waals surface area contributed by atoms with Crippen LogP contribution in [0.3, 0.4) is 0 Å². The fourth-order valence-electron chi connectivity index (χ4n) is 4.20. The van der Waals surface area contributed by atoms with Crippen LogP contribution in [0.15, 0.2) is 58.3 Å². The normalized spacial score (nSPS) is 21.7. The quantitative estimate of drug-likeness (QED) is 0.582.